The Morgan fingerprint density at radius 2 is 1.84 bits per heavy atom. The van der Waals surface area contributed by atoms with Gasteiger partial charge in [0.2, 0.25) is 0 Å². The van der Waals surface area contributed by atoms with Crippen LogP contribution < -0.4 is 10.9 Å². The number of amides is 1. The van der Waals surface area contributed by atoms with Gasteiger partial charge in [0.05, 0.1) is 18.3 Å². The molecule has 0 spiro atoms. The highest BCUT2D eigenvalue weighted by molar-refractivity contribution is 5.92. The predicted octanol–water partition coefficient (Wildman–Crippen LogP) is 1.94. The highest BCUT2D eigenvalue weighted by Crippen LogP contribution is 2.12. The number of aromatic nitrogens is 2. The molecule has 1 atom stereocenters. The number of carbonyl (C=O) groups is 1. The van der Waals surface area contributed by atoms with Crippen molar-refractivity contribution in [3.05, 3.63) is 87.8 Å². The molecule has 3 N–H and O–H groups in total. The lowest BCUT2D eigenvalue weighted by Crippen LogP contribution is -2.31. The van der Waals surface area contributed by atoms with Gasteiger partial charge in [0.25, 0.3) is 11.5 Å². The van der Waals surface area contributed by atoms with E-state index in [-0.39, 0.29) is 17.9 Å². The maximum absolute atomic E-state index is 12.4. The molecule has 0 aliphatic rings. The first-order chi connectivity index (χ1) is 12.1. The number of aryl methyl sites for hydroxylation is 1. The van der Waals surface area contributed by atoms with E-state index in [0.29, 0.717) is 5.69 Å². The maximum atomic E-state index is 12.4. The fourth-order valence-corrected chi connectivity index (χ4v) is 2.55. The molecule has 1 amide bonds. The van der Waals surface area contributed by atoms with E-state index in [1.165, 1.54) is 10.7 Å². The molecule has 2 aromatic carbocycles. The lowest BCUT2D eigenvalue weighted by Gasteiger charge is -2.16. The Morgan fingerprint density at radius 1 is 1.16 bits per heavy atom. The summed E-state index contributed by atoms with van der Waals surface area (Å²) in [6.07, 6.45) is 0. The number of rotatable bonds is 5. The van der Waals surface area contributed by atoms with Crippen molar-refractivity contribution in [1.29, 1.82) is 0 Å². The molecule has 1 unspecified atom stereocenters. The molecule has 3 rings (SSSR count). The van der Waals surface area contributed by atoms with Crippen LogP contribution in [-0.4, -0.2) is 27.4 Å². The van der Waals surface area contributed by atoms with Crippen LogP contribution in [0, 0.1) is 6.92 Å². The molecular weight excluding hydrogens is 318 g/mol. The van der Waals surface area contributed by atoms with Crippen molar-refractivity contribution in [1.82, 2.24) is 15.1 Å². The second-order valence-electron chi connectivity index (χ2n) is 5.80. The van der Waals surface area contributed by atoms with Gasteiger partial charge in [-0.1, -0.05) is 48.0 Å². The van der Waals surface area contributed by atoms with E-state index in [2.05, 4.69) is 10.4 Å². The molecule has 0 saturated heterocycles. The average Bonchev–Trinajstić information content (AvgIpc) is 3.03. The number of nitrogens with one attached hydrogen (secondary N) is 2. The second kappa shape index (κ2) is 7.19. The van der Waals surface area contributed by atoms with Gasteiger partial charge in [-0.25, -0.2) is 4.68 Å². The van der Waals surface area contributed by atoms with Gasteiger partial charge in [-0.2, -0.15) is 0 Å². The Balaban J connectivity index is 1.82. The molecule has 25 heavy (non-hydrogen) atoms. The van der Waals surface area contributed by atoms with Crippen molar-refractivity contribution in [3.63, 3.8) is 0 Å². The fraction of sp³-hybridized carbons (Fsp3) is 0.158. The molecule has 6 nitrogen and oxygen atoms in total. The van der Waals surface area contributed by atoms with E-state index >= 15 is 0 Å². The lowest BCUT2D eigenvalue weighted by atomic mass is 10.1. The van der Waals surface area contributed by atoms with E-state index in [0.717, 1.165) is 11.1 Å². The molecule has 3 aromatic rings. The lowest BCUT2D eigenvalue weighted by molar-refractivity contribution is 0.0910. The number of H-pyrrole nitrogens is 1. The van der Waals surface area contributed by atoms with Crippen molar-refractivity contribution >= 4 is 5.91 Å². The normalized spacial score (nSPS) is 11.9. The summed E-state index contributed by atoms with van der Waals surface area (Å²) < 4.78 is 1.31. The van der Waals surface area contributed by atoms with Crippen LogP contribution in [0.15, 0.2) is 65.5 Å². The quantitative estimate of drug-likeness (QED) is 0.665. The van der Waals surface area contributed by atoms with E-state index in [4.69, 9.17) is 0 Å². The zero-order valence-electron chi connectivity index (χ0n) is 13.8. The van der Waals surface area contributed by atoms with Crippen molar-refractivity contribution in [3.8, 4) is 5.69 Å². The monoisotopic (exact) mass is 337 g/mol. The second-order valence-corrected chi connectivity index (χ2v) is 5.80. The van der Waals surface area contributed by atoms with Crippen molar-refractivity contribution in [2.75, 3.05) is 6.61 Å². The first-order valence-electron chi connectivity index (χ1n) is 7.94. The van der Waals surface area contributed by atoms with Crippen LogP contribution in [0.5, 0.6) is 0 Å². The van der Waals surface area contributed by atoms with Crippen molar-refractivity contribution < 1.29 is 9.90 Å². The molecule has 6 heteroatoms. The van der Waals surface area contributed by atoms with Gasteiger partial charge in [0.1, 0.15) is 5.69 Å². The highest BCUT2D eigenvalue weighted by Gasteiger charge is 2.17. The summed E-state index contributed by atoms with van der Waals surface area (Å²) in [5.74, 6) is -0.453. The topological polar surface area (TPSA) is 87.1 Å². The molecule has 0 aliphatic carbocycles. The molecule has 0 saturated carbocycles. The molecule has 1 heterocycles. The minimum atomic E-state index is -0.542. The molecule has 0 aliphatic heterocycles. The number of hydrogen-bond donors (Lipinski definition) is 3. The summed E-state index contributed by atoms with van der Waals surface area (Å²) in [7, 11) is 0. The van der Waals surface area contributed by atoms with Gasteiger partial charge in [-0.15, -0.1) is 0 Å². The minimum absolute atomic E-state index is 0.139. The van der Waals surface area contributed by atoms with Gasteiger partial charge >= 0.3 is 0 Å². The third-order valence-electron chi connectivity index (χ3n) is 3.95. The average molecular weight is 337 g/mol. The number of benzene rings is 2. The van der Waals surface area contributed by atoms with Crippen LogP contribution in [0.25, 0.3) is 5.69 Å². The van der Waals surface area contributed by atoms with E-state index in [1.54, 1.807) is 12.1 Å². The van der Waals surface area contributed by atoms with Gasteiger partial charge < -0.3 is 10.4 Å². The van der Waals surface area contributed by atoms with Crippen LogP contribution in [0.1, 0.15) is 27.7 Å². The largest absolute Gasteiger partial charge is 0.394 e. The summed E-state index contributed by atoms with van der Waals surface area (Å²) in [4.78, 5) is 24.6. The Hall–Kier alpha value is -3.12. The van der Waals surface area contributed by atoms with E-state index in [9.17, 15) is 14.7 Å². The van der Waals surface area contributed by atoms with Crippen molar-refractivity contribution in [2.45, 2.75) is 13.0 Å². The van der Waals surface area contributed by atoms with Crippen LogP contribution in [-0.2, 0) is 0 Å². The number of aromatic amines is 1. The molecular formula is C19H19N3O3. The summed E-state index contributed by atoms with van der Waals surface area (Å²) >= 11 is 0. The first kappa shape index (κ1) is 16.7. The third kappa shape index (κ3) is 3.70. The number of aliphatic hydroxyl groups excluding tert-OH is 1. The standard InChI is InChI=1S/C19H19N3O3/c1-13-7-9-15(10-8-13)22-18(24)11-16(21-22)19(25)20-17(12-23)14-5-3-2-4-6-14/h2-11,17,21,23H,12H2,1H3,(H,20,25). The van der Waals surface area contributed by atoms with Crippen LogP contribution in [0.4, 0.5) is 0 Å². The number of aliphatic hydroxyl groups is 1. The Labute approximate surface area is 144 Å². The number of carbonyl (C=O) groups excluding carboxylic acids is 1. The van der Waals surface area contributed by atoms with Gasteiger partial charge in [-0.05, 0) is 24.6 Å². The highest BCUT2D eigenvalue weighted by atomic mass is 16.3. The van der Waals surface area contributed by atoms with Gasteiger partial charge in [0.15, 0.2) is 0 Å². The SMILES string of the molecule is Cc1ccc(-n2[nH]c(C(=O)NC(CO)c3ccccc3)cc2=O)cc1. The smallest absolute Gasteiger partial charge is 0.271 e. The van der Waals surface area contributed by atoms with Crippen LogP contribution in [0.3, 0.4) is 0 Å². The Kier molecular flexibility index (Phi) is 4.81. The third-order valence-corrected chi connectivity index (χ3v) is 3.95. The predicted molar refractivity (Wildman–Crippen MR) is 94.9 cm³/mol. The molecule has 0 bridgehead atoms. The van der Waals surface area contributed by atoms with E-state index < -0.39 is 11.9 Å². The molecule has 1 aromatic heterocycles. The Morgan fingerprint density at radius 3 is 2.48 bits per heavy atom. The minimum Gasteiger partial charge on any atom is -0.394 e. The molecule has 128 valence electrons. The summed E-state index contributed by atoms with van der Waals surface area (Å²) in [5.41, 5.74) is 2.33. The Bertz CT molecular complexity index is 911. The van der Waals surface area contributed by atoms with Gasteiger partial charge in [0, 0.05) is 6.07 Å². The van der Waals surface area contributed by atoms with E-state index in [1.807, 2.05) is 49.4 Å². The fourth-order valence-electron chi connectivity index (χ4n) is 2.55. The molecule has 0 radical (unpaired) electrons. The number of hydrogen-bond acceptors (Lipinski definition) is 3. The summed E-state index contributed by atoms with van der Waals surface area (Å²) in [5, 5.41) is 15.1. The van der Waals surface area contributed by atoms with Crippen LogP contribution >= 0.6 is 0 Å². The zero-order valence-corrected chi connectivity index (χ0v) is 13.8. The van der Waals surface area contributed by atoms with Gasteiger partial charge in [-0.3, -0.25) is 14.7 Å². The van der Waals surface area contributed by atoms with Crippen molar-refractivity contribution in [2.24, 2.45) is 0 Å². The molecule has 0 fully saturated rings. The zero-order chi connectivity index (χ0) is 17.8. The summed E-state index contributed by atoms with van der Waals surface area (Å²) in [6, 6.07) is 17.2. The maximum Gasteiger partial charge on any atom is 0.271 e. The number of nitrogens with zero attached hydrogens (tertiary/aromatic N) is 1. The summed E-state index contributed by atoms with van der Waals surface area (Å²) in [6.45, 7) is 1.72. The van der Waals surface area contributed by atoms with Crippen LogP contribution in [0.2, 0.25) is 0 Å². The first-order valence-corrected chi connectivity index (χ1v) is 7.94.